The highest BCUT2D eigenvalue weighted by atomic mass is 19.4. The van der Waals surface area contributed by atoms with E-state index in [-0.39, 0.29) is 12.3 Å². The molecule has 5 unspecified atom stereocenters. The third-order valence-electron chi connectivity index (χ3n) is 4.91. The van der Waals surface area contributed by atoms with Crippen LogP contribution in [0.1, 0.15) is 29.4 Å². The number of halogens is 6. The van der Waals surface area contributed by atoms with Crippen molar-refractivity contribution in [1.29, 1.82) is 0 Å². The fourth-order valence-electron chi connectivity index (χ4n) is 3.32. The minimum atomic E-state index is -5.81. The van der Waals surface area contributed by atoms with Crippen LogP contribution in [0.3, 0.4) is 0 Å². The molecule has 2 aliphatic carbocycles. The quantitative estimate of drug-likeness (QED) is 0.578. The van der Waals surface area contributed by atoms with Gasteiger partial charge in [-0.25, -0.2) is 0 Å². The van der Waals surface area contributed by atoms with Crippen molar-refractivity contribution in [2.24, 2.45) is 23.6 Å². The van der Waals surface area contributed by atoms with Crippen LogP contribution in [0.4, 0.5) is 26.3 Å². The van der Waals surface area contributed by atoms with E-state index in [1.165, 1.54) is 6.92 Å². The second kappa shape index (κ2) is 5.58. The molecule has 22 heavy (non-hydrogen) atoms. The van der Waals surface area contributed by atoms with E-state index in [0.29, 0.717) is 6.42 Å². The Morgan fingerprint density at radius 1 is 1.05 bits per heavy atom. The molecular weight excluding hydrogens is 313 g/mol. The molecule has 2 nitrogen and oxygen atoms in total. The molecule has 9 heteroatoms. The molecular formula is C13H17BF6O2. The van der Waals surface area contributed by atoms with Crippen LogP contribution in [-0.2, 0) is 9.39 Å². The fraction of sp³-hybridized carbons (Fsp3) is 1.00. The molecule has 0 saturated heterocycles. The second-order valence-corrected chi connectivity index (χ2v) is 5.93. The summed E-state index contributed by atoms with van der Waals surface area (Å²) in [7, 11) is 4.35. The molecule has 0 aliphatic heterocycles. The van der Waals surface area contributed by atoms with Gasteiger partial charge >= 0.3 is 12.4 Å². The smallest absolute Gasteiger partial charge is 0.427 e. The highest BCUT2D eigenvalue weighted by molar-refractivity contribution is 5.98. The summed E-state index contributed by atoms with van der Waals surface area (Å²) in [4.78, 5) is 0. The van der Waals surface area contributed by atoms with Crippen molar-refractivity contribution >= 4 is 8.05 Å². The molecule has 2 saturated carbocycles. The lowest BCUT2D eigenvalue weighted by molar-refractivity contribution is -0.370. The Kier molecular flexibility index (Phi) is 3.83. The molecule has 2 bridgehead atoms. The third-order valence-corrected chi connectivity index (χ3v) is 4.91. The zero-order chi connectivity index (χ0) is 18.8. The van der Waals surface area contributed by atoms with Gasteiger partial charge in [-0.3, -0.25) is 0 Å². The van der Waals surface area contributed by atoms with Crippen LogP contribution in [-0.4, -0.2) is 38.7 Å². The first-order valence-corrected chi connectivity index (χ1v) is 6.75. The Bertz CT molecular complexity index is 480. The van der Waals surface area contributed by atoms with Crippen molar-refractivity contribution in [3.63, 3.8) is 0 Å². The first kappa shape index (κ1) is 15.1. The first-order chi connectivity index (χ1) is 10.6. The second-order valence-electron chi connectivity index (χ2n) is 5.93. The van der Waals surface area contributed by atoms with E-state index in [1.807, 2.05) is 0 Å². The van der Waals surface area contributed by atoms with Crippen LogP contribution in [0.15, 0.2) is 0 Å². The van der Waals surface area contributed by atoms with E-state index < -0.39 is 48.4 Å². The number of hydrogen-bond donors (Lipinski definition) is 0. The zero-order valence-corrected chi connectivity index (χ0v) is 12.0. The van der Waals surface area contributed by atoms with E-state index in [1.54, 1.807) is 6.92 Å². The minimum Gasteiger partial charge on any atom is -0.427 e. The van der Waals surface area contributed by atoms with Gasteiger partial charge in [-0.2, -0.15) is 26.3 Å². The van der Waals surface area contributed by atoms with E-state index >= 15 is 0 Å². The predicted octanol–water partition coefficient (Wildman–Crippen LogP) is 3.65. The molecule has 0 amide bonds. The standard InChI is InChI=1S/C13H17BF6O2/c1-6-7(2)9-3-8(6)4-10(9)21-5-11(22-14,12(15,16)17)13(18,19)20/h6-10H,3-5H2,1-2H3/i6D,7D. The van der Waals surface area contributed by atoms with Gasteiger partial charge in [-0.1, -0.05) is 13.8 Å². The van der Waals surface area contributed by atoms with E-state index in [0.717, 1.165) is 0 Å². The predicted molar refractivity (Wildman–Crippen MR) is 66.0 cm³/mol. The molecule has 2 aliphatic rings. The summed E-state index contributed by atoms with van der Waals surface area (Å²) in [6, 6.07) is 0. The summed E-state index contributed by atoms with van der Waals surface area (Å²) in [5.74, 6) is -3.40. The molecule has 0 aromatic rings. The monoisotopic (exact) mass is 332 g/mol. The minimum absolute atomic E-state index is 0.134. The zero-order valence-electron chi connectivity index (χ0n) is 14.0. The number of alkyl halides is 6. The van der Waals surface area contributed by atoms with E-state index in [9.17, 15) is 26.3 Å². The molecule has 0 aromatic heterocycles. The lowest BCUT2D eigenvalue weighted by Crippen LogP contribution is -2.62. The van der Waals surface area contributed by atoms with Crippen LogP contribution in [0.25, 0.3) is 0 Å². The third kappa shape index (κ3) is 2.64. The van der Waals surface area contributed by atoms with Gasteiger partial charge in [0, 0.05) is 2.74 Å². The van der Waals surface area contributed by atoms with Gasteiger partial charge in [0.25, 0.3) is 13.7 Å². The van der Waals surface area contributed by atoms with Gasteiger partial charge in [0.2, 0.25) is 0 Å². The number of fused-ring (bicyclic) bond motifs is 2. The maximum atomic E-state index is 12.9. The van der Waals surface area contributed by atoms with E-state index in [4.69, 9.17) is 7.48 Å². The van der Waals surface area contributed by atoms with Crippen LogP contribution in [0.2, 0.25) is 0 Å². The molecule has 0 spiro atoms. The summed E-state index contributed by atoms with van der Waals surface area (Å²) in [6.45, 7) is 1.18. The molecule has 2 rings (SSSR count). The van der Waals surface area contributed by atoms with Crippen molar-refractivity contribution in [3.8, 4) is 0 Å². The molecule has 2 radical (unpaired) electrons. The summed E-state index contributed by atoms with van der Waals surface area (Å²) in [6.07, 6.45) is -12.1. The van der Waals surface area contributed by atoms with Crippen molar-refractivity contribution in [3.05, 3.63) is 0 Å². The van der Waals surface area contributed by atoms with Gasteiger partial charge in [-0.15, -0.1) is 0 Å². The van der Waals surface area contributed by atoms with Gasteiger partial charge in [0.15, 0.2) is 0 Å². The van der Waals surface area contributed by atoms with Gasteiger partial charge < -0.3 is 9.39 Å². The largest absolute Gasteiger partial charge is 0.427 e. The van der Waals surface area contributed by atoms with Gasteiger partial charge in [0.1, 0.15) is 0 Å². The van der Waals surface area contributed by atoms with Crippen molar-refractivity contribution in [2.75, 3.05) is 6.61 Å². The van der Waals surface area contributed by atoms with Crippen LogP contribution < -0.4 is 0 Å². The van der Waals surface area contributed by atoms with E-state index in [2.05, 4.69) is 12.7 Å². The summed E-state index contributed by atoms with van der Waals surface area (Å²) in [5, 5.41) is 0. The van der Waals surface area contributed by atoms with Crippen molar-refractivity contribution in [2.45, 2.75) is 50.7 Å². The molecule has 0 aromatic carbocycles. The molecule has 126 valence electrons. The highest BCUT2D eigenvalue weighted by Crippen LogP contribution is 2.54. The normalized spacial score (nSPS) is 44.1. The molecule has 2 fully saturated rings. The fourth-order valence-corrected chi connectivity index (χ4v) is 3.32. The van der Waals surface area contributed by atoms with Crippen LogP contribution in [0, 0.1) is 23.6 Å². The molecule has 0 N–H and O–H groups in total. The van der Waals surface area contributed by atoms with Crippen LogP contribution >= 0.6 is 0 Å². The Labute approximate surface area is 128 Å². The maximum Gasteiger partial charge on any atom is 0.427 e. The van der Waals surface area contributed by atoms with Gasteiger partial charge in [0.05, 0.1) is 12.7 Å². The maximum absolute atomic E-state index is 12.9. The summed E-state index contributed by atoms with van der Waals surface area (Å²) < 4.78 is 102. The lowest BCUT2D eigenvalue weighted by Gasteiger charge is -2.39. The summed E-state index contributed by atoms with van der Waals surface area (Å²) in [5.41, 5.74) is -4.62. The highest BCUT2D eigenvalue weighted by Gasteiger charge is 2.72. The Morgan fingerprint density at radius 2 is 1.59 bits per heavy atom. The van der Waals surface area contributed by atoms with Gasteiger partial charge in [-0.05, 0) is 36.5 Å². The SMILES string of the molecule is [2H]C1(C)C2CC(OCC(O[B])(C(F)(F)F)C(F)(F)F)C(C2)C1([2H])C. The van der Waals surface area contributed by atoms with Crippen molar-refractivity contribution in [1.82, 2.24) is 0 Å². The Morgan fingerprint density at radius 3 is 1.95 bits per heavy atom. The Balaban J connectivity index is 2.19. The number of rotatable bonds is 4. The lowest BCUT2D eigenvalue weighted by atomic mass is 9.80. The number of hydrogen-bond acceptors (Lipinski definition) is 2. The van der Waals surface area contributed by atoms with Crippen LogP contribution in [0.5, 0.6) is 0 Å². The average Bonchev–Trinajstić information content (AvgIpc) is 2.87. The number of ether oxygens (including phenoxy) is 1. The topological polar surface area (TPSA) is 18.5 Å². The first-order valence-electron chi connectivity index (χ1n) is 7.75. The molecule has 5 atom stereocenters. The molecule has 0 heterocycles. The summed E-state index contributed by atoms with van der Waals surface area (Å²) >= 11 is 0. The average molecular weight is 332 g/mol. The Hall–Kier alpha value is -0.435. The van der Waals surface area contributed by atoms with Crippen molar-refractivity contribution < 1.29 is 38.5 Å².